The maximum Gasteiger partial charge on any atom is 0.249 e. The van der Waals surface area contributed by atoms with E-state index in [9.17, 15) is 4.79 Å². The van der Waals surface area contributed by atoms with Gasteiger partial charge in [-0.2, -0.15) is 4.98 Å². The van der Waals surface area contributed by atoms with Crippen molar-refractivity contribution >= 4 is 5.91 Å². The summed E-state index contributed by atoms with van der Waals surface area (Å²) < 4.78 is 5.52. The topological polar surface area (TPSA) is 59.2 Å². The van der Waals surface area contributed by atoms with E-state index in [0.29, 0.717) is 31.1 Å². The Morgan fingerprint density at radius 3 is 2.58 bits per heavy atom. The molecule has 3 aromatic rings. The molecule has 0 aliphatic carbocycles. The van der Waals surface area contributed by atoms with Crippen molar-refractivity contribution in [2.45, 2.75) is 38.8 Å². The Morgan fingerprint density at radius 2 is 1.85 bits per heavy atom. The molecule has 4 rings (SSSR count). The van der Waals surface area contributed by atoms with Crippen molar-refractivity contribution in [3.05, 3.63) is 71.6 Å². The summed E-state index contributed by atoms with van der Waals surface area (Å²) in [4.78, 5) is 18.8. The van der Waals surface area contributed by atoms with E-state index in [2.05, 4.69) is 29.2 Å². The number of aryl methyl sites for hydroxylation is 1. The fraction of sp³-hybridized carbons (Fsp3) is 0.286. The second-order valence-corrected chi connectivity index (χ2v) is 6.57. The molecule has 2 aromatic carbocycles. The first-order valence-electron chi connectivity index (χ1n) is 9.01. The van der Waals surface area contributed by atoms with Gasteiger partial charge in [-0.05, 0) is 24.0 Å². The van der Waals surface area contributed by atoms with Gasteiger partial charge < -0.3 is 9.42 Å². The lowest BCUT2D eigenvalue weighted by Crippen LogP contribution is -2.27. The molecule has 1 amide bonds. The minimum absolute atomic E-state index is 0.130. The first-order chi connectivity index (χ1) is 12.7. The molecule has 132 valence electrons. The fourth-order valence-electron chi connectivity index (χ4n) is 3.35. The lowest BCUT2D eigenvalue weighted by Gasteiger charge is -2.22. The lowest BCUT2D eigenvalue weighted by molar-refractivity contribution is -0.129. The van der Waals surface area contributed by atoms with E-state index in [-0.39, 0.29) is 11.9 Å². The Hall–Kier alpha value is -2.95. The number of carbonyl (C=O) groups excluding carboxylic acids is 1. The summed E-state index contributed by atoms with van der Waals surface area (Å²) in [7, 11) is 0. The first kappa shape index (κ1) is 16.5. The minimum atomic E-state index is -0.154. The zero-order valence-electron chi connectivity index (χ0n) is 14.8. The van der Waals surface area contributed by atoms with Gasteiger partial charge in [-0.25, -0.2) is 0 Å². The maximum absolute atomic E-state index is 12.3. The highest BCUT2D eigenvalue weighted by atomic mass is 16.5. The van der Waals surface area contributed by atoms with Crippen LogP contribution in [0.4, 0.5) is 0 Å². The van der Waals surface area contributed by atoms with Crippen molar-refractivity contribution in [2.75, 3.05) is 0 Å². The Kier molecular flexibility index (Phi) is 4.52. The molecule has 0 saturated carbocycles. The van der Waals surface area contributed by atoms with E-state index in [0.717, 1.165) is 17.5 Å². The van der Waals surface area contributed by atoms with Crippen molar-refractivity contribution in [3.63, 3.8) is 0 Å². The summed E-state index contributed by atoms with van der Waals surface area (Å²) in [5, 5.41) is 4.13. The van der Waals surface area contributed by atoms with Gasteiger partial charge in [0.25, 0.3) is 0 Å². The second-order valence-electron chi connectivity index (χ2n) is 6.57. The summed E-state index contributed by atoms with van der Waals surface area (Å²) >= 11 is 0. The van der Waals surface area contributed by atoms with Crippen LogP contribution in [-0.4, -0.2) is 20.9 Å². The molecule has 26 heavy (non-hydrogen) atoms. The smallest absolute Gasteiger partial charge is 0.249 e. The van der Waals surface area contributed by atoms with Crippen LogP contribution in [0, 0.1) is 0 Å². The predicted octanol–water partition coefficient (Wildman–Crippen LogP) is 4.16. The second kappa shape index (κ2) is 7.12. The third-order valence-corrected chi connectivity index (χ3v) is 4.87. The minimum Gasteiger partial charge on any atom is -0.337 e. The van der Waals surface area contributed by atoms with Crippen LogP contribution in [0.3, 0.4) is 0 Å². The maximum atomic E-state index is 12.3. The molecule has 0 N–H and O–H groups in total. The molecule has 1 fully saturated rings. The largest absolute Gasteiger partial charge is 0.337 e. The molecule has 1 aliphatic rings. The van der Waals surface area contributed by atoms with Gasteiger partial charge in [0, 0.05) is 18.5 Å². The molecule has 1 atom stereocenters. The molecule has 1 aliphatic heterocycles. The monoisotopic (exact) mass is 347 g/mol. The summed E-state index contributed by atoms with van der Waals surface area (Å²) in [6, 6.07) is 18.0. The molecule has 0 bridgehead atoms. The summed E-state index contributed by atoms with van der Waals surface area (Å²) in [5.41, 5.74) is 3.30. The quantitative estimate of drug-likeness (QED) is 0.695. The molecule has 1 aromatic heterocycles. The van der Waals surface area contributed by atoms with Crippen LogP contribution in [0.1, 0.15) is 42.8 Å². The molecular formula is C21H21N3O2. The van der Waals surface area contributed by atoms with Crippen molar-refractivity contribution in [1.82, 2.24) is 15.0 Å². The number of carbonyl (C=O) groups is 1. The first-order valence-corrected chi connectivity index (χ1v) is 9.01. The number of rotatable bonds is 5. The summed E-state index contributed by atoms with van der Waals surface area (Å²) in [5.74, 6) is 1.22. The van der Waals surface area contributed by atoms with Gasteiger partial charge in [-0.1, -0.05) is 66.7 Å². The van der Waals surface area contributed by atoms with Crippen molar-refractivity contribution < 1.29 is 9.32 Å². The van der Waals surface area contributed by atoms with Crippen molar-refractivity contribution in [2.24, 2.45) is 0 Å². The molecule has 5 heteroatoms. The highest BCUT2D eigenvalue weighted by Crippen LogP contribution is 2.34. The number of hydrogen-bond donors (Lipinski definition) is 0. The molecule has 0 spiro atoms. The highest BCUT2D eigenvalue weighted by Gasteiger charge is 2.35. The van der Waals surface area contributed by atoms with Crippen LogP contribution in [0.15, 0.2) is 59.1 Å². The SMILES string of the molecule is CCc1ccc(-c2noc(C3CCC(=O)N3Cc3ccccc3)n2)cc1. The highest BCUT2D eigenvalue weighted by molar-refractivity contribution is 5.78. The number of hydrogen-bond acceptors (Lipinski definition) is 4. The normalized spacial score (nSPS) is 17.0. The number of benzene rings is 2. The molecular weight excluding hydrogens is 326 g/mol. The van der Waals surface area contributed by atoms with Gasteiger partial charge in [0.15, 0.2) is 0 Å². The lowest BCUT2D eigenvalue weighted by atomic mass is 10.1. The average molecular weight is 347 g/mol. The van der Waals surface area contributed by atoms with Gasteiger partial charge >= 0.3 is 0 Å². The number of amides is 1. The fourth-order valence-corrected chi connectivity index (χ4v) is 3.35. The van der Waals surface area contributed by atoms with Gasteiger partial charge in [0.05, 0.1) is 0 Å². The predicted molar refractivity (Wildman–Crippen MR) is 98.1 cm³/mol. The molecule has 1 saturated heterocycles. The zero-order valence-corrected chi connectivity index (χ0v) is 14.8. The molecule has 1 unspecified atom stereocenters. The van der Waals surface area contributed by atoms with Crippen LogP contribution < -0.4 is 0 Å². The van der Waals surface area contributed by atoms with Crippen LogP contribution in [0.25, 0.3) is 11.4 Å². The third-order valence-electron chi connectivity index (χ3n) is 4.87. The van der Waals surface area contributed by atoms with Gasteiger partial charge in [0.2, 0.25) is 17.6 Å². The third kappa shape index (κ3) is 3.25. The van der Waals surface area contributed by atoms with E-state index in [1.54, 1.807) is 0 Å². The number of nitrogens with zero attached hydrogens (tertiary/aromatic N) is 3. The average Bonchev–Trinajstić information content (AvgIpc) is 3.30. The Labute approximate surface area is 152 Å². The van der Waals surface area contributed by atoms with E-state index in [1.165, 1.54) is 5.56 Å². The van der Waals surface area contributed by atoms with Gasteiger partial charge in [-0.3, -0.25) is 4.79 Å². The Balaban J connectivity index is 1.56. The van der Waals surface area contributed by atoms with Crippen LogP contribution >= 0.6 is 0 Å². The van der Waals surface area contributed by atoms with Crippen LogP contribution in [0.2, 0.25) is 0 Å². The van der Waals surface area contributed by atoms with Crippen molar-refractivity contribution in [3.8, 4) is 11.4 Å². The van der Waals surface area contributed by atoms with Gasteiger partial charge in [0.1, 0.15) is 6.04 Å². The molecule has 5 nitrogen and oxygen atoms in total. The summed E-state index contributed by atoms with van der Waals surface area (Å²) in [6.07, 6.45) is 2.22. The van der Waals surface area contributed by atoms with E-state index in [1.807, 2.05) is 47.4 Å². The van der Waals surface area contributed by atoms with Crippen LogP contribution in [0.5, 0.6) is 0 Å². The van der Waals surface area contributed by atoms with Crippen LogP contribution in [-0.2, 0) is 17.8 Å². The Bertz CT molecular complexity index is 887. The molecule has 2 heterocycles. The van der Waals surface area contributed by atoms with E-state index < -0.39 is 0 Å². The number of aromatic nitrogens is 2. The van der Waals surface area contributed by atoms with E-state index in [4.69, 9.17) is 4.52 Å². The van der Waals surface area contributed by atoms with Crippen molar-refractivity contribution in [1.29, 1.82) is 0 Å². The standard InChI is InChI=1S/C21H21N3O2/c1-2-15-8-10-17(11-9-15)20-22-21(26-23-20)18-12-13-19(25)24(18)14-16-6-4-3-5-7-16/h3-11,18H,2,12-14H2,1H3. The van der Waals surface area contributed by atoms with Gasteiger partial charge in [-0.15, -0.1) is 0 Å². The van der Waals surface area contributed by atoms with E-state index >= 15 is 0 Å². The molecule has 0 radical (unpaired) electrons. The summed E-state index contributed by atoms with van der Waals surface area (Å²) in [6.45, 7) is 2.69. The Morgan fingerprint density at radius 1 is 1.08 bits per heavy atom. The zero-order chi connectivity index (χ0) is 17.9. The number of likely N-dealkylation sites (tertiary alicyclic amines) is 1.